The van der Waals surface area contributed by atoms with Gasteiger partial charge in [0.15, 0.2) is 0 Å². The van der Waals surface area contributed by atoms with Crippen LogP contribution in [0, 0.1) is 0 Å². The van der Waals surface area contributed by atoms with Crippen molar-refractivity contribution >= 4 is 23.2 Å². The predicted molar refractivity (Wildman–Crippen MR) is 97.9 cm³/mol. The van der Waals surface area contributed by atoms with Crippen molar-refractivity contribution in [1.82, 2.24) is 15.3 Å². The van der Waals surface area contributed by atoms with Gasteiger partial charge in [0.2, 0.25) is 5.91 Å². The molecule has 2 aromatic rings. The highest BCUT2D eigenvalue weighted by Gasteiger charge is 2.18. The van der Waals surface area contributed by atoms with Gasteiger partial charge in [0.25, 0.3) is 11.5 Å². The summed E-state index contributed by atoms with van der Waals surface area (Å²) in [7, 11) is 0. The number of nitrogens with one attached hydrogen (secondary N) is 4. The molecule has 10 heteroatoms. The number of nitrogens with two attached hydrogens (primary N) is 1. The Labute approximate surface area is 153 Å². The molecule has 0 aliphatic carbocycles. The fourth-order valence-corrected chi connectivity index (χ4v) is 2.67. The van der Waals surface area contributed by atoms with E-state index >= 15 is 0 Å². The number of aromatic amines is 2. The molecule has 3 rings (SSSR count). The highest BCUT2D eigenvalue weighted by atomic mass is 16.5. The van der Waals surface area contributed by atoms with Crippen molar-refractivity contribution in [1.29, 1.82) is 0 Å². The third-order valence-electron chi connectivity index (χ3n) is 4.06. The average Bonchev–Trinajstić information content (AvgIpc) is 2.62. The minimum absolute atomic E-state index is 0.0373. The van der Waals surface area contributed by atoms with Gasteiger partial charge in [0.05, 0.1) is 6.04 Å². The van der Waals surface area contributed by atoms with Crippen LogP contribution in [-0.4, -0.2) is 34.4 Å². The van der Waals surface area contributed by atoms with Crippen LogP contribution in [0.1, 0.15) is 29.4 Å². The van der Waals surface area contributed by atoms with Crippen LogP contribution >= 0.6 is 0 Å². The van der Waals surface area contributed by atoms with Crippen molar-refractivity contribution in [3.63, 3.8) is 0 Å². The molecular weight excluding hydrogens is 354 g/mol. The summed E-state index contributed by atoms with van der Waals surface area (Å²) in [6, 6.07) is 4.96. The number of hydrogen-bond acceptors (Lipinski definition) is 6. The zero-order chi connectivity index (χ0) is 19.6. The molecule has 0 fully saturated rings. The summed E-state index contributed by atoms with van der Waals surface area (Å²) in [5.74, 6) is -0.185. The van der Waals surface area contributed by atoms with Crippen molar-refractivity contribution in [2.75, 3.05) is 17.7 Å². The lowest BCUT2D eigenvalue weighted by molar-refractivity contribution is -0.116. The number of benzene rings is 1. The van der Waals surface area contributed by atoms with Gasteiger partial charge in [-0.3, -0.25) is 19.4 Å². The number of fused-ring (bicyclic) bond motifs is 1. The summed E-state index contributed by atoms with van der Waals surface area (Å²) in [6.07, 6.45) is 1.15. The number of rotatable bonds is 5. The van der Waals surface area contributed by atoms with E-state index in [1.165, 1.54) is 0 Å². The van der Waals surface area contributed by atoms with Crippen LogP contribution in [0.2, 0.25) is 0 Å². The molecule has 6 N–H and O–H groups in total. The molecule has 1 unspecified atom stereocenters. The Kier molecular flexibility index (Phi) is 4.97. The standard InChI is InChI=1S/C17H19N5O5/c1-8(19-16(25)14-13(18)15(24)22-17(26)21-14)7-27-10-4-2-9-3-5-12(23)20-11(9)6-10/h2,4,6,8H,3,5,7,18H2,1H3,(H,19,25)(H,20,23)(H2,21,22,24,26). The average molecular weight is 373 g/mol. The predicted octanol–water partition coefficient (Wildman–Crippen LogP) is -0.273. The fourth-order valence-electron chi connectivity index (χ4n) is 2.67. The number of anilines is 2. The third-order valence-corrected chi connectivity index (χ3v) is 4.06. The van der Waals surface area contributed by atoms with Crippen LogP contribution in [0.25, 0.3) is 0 Å². The summed E-state index contributed by atoms with van der Waals surface area (Å²) >= 11 is 0. The van der Waals surface area contributed by atoms with Gasteiger partial charge in [0.1, 0.15) is 23.7 Å². The minimum atomic E-state index is -0.830. The summed E-state index contributed by atoms with van der Waals surface area (Å²) in [5, 5.41) is 5.38. The lowest BCUT2D eigenvalue weighted by Gasteiger charge is -2.19. The molecule has 0 spiro atoms. The van der Waals surface area contributed by atoms with E-state index in [-0.39, 0.29) is 23.9 Å². The van der Waals surface area contributed by atoms with Crippen LogP contribution in [0.3, 0.4) is 0 Å². The zero-order valence-corrected chi connectivity index (χ0v) is 14.5. The molecule has 1 aromatic carbocycles. The second-order valence-corrected chi connectivity index (χ2v) is 6.25. The van der Waals surface area contributed by atoms with Gasteiger partial charge < -0.3 is 26.1 Å². The number of aryl methyl sites for hydroxylation is 1. The van der Waals surface area contributed by atoms with Crippen LogP contribution in [0.4, 0.5) is 11.4 Å². The van der Waals surface area contributed by atoms with Crippen LogP contribution in [0.15, 0.2) is 27.8 Å². The lowest BCUT2D eigenvalue weighted by Crippen LogP contribution is -2.40. The van der Waals surface area contributed by atoms with E-state index in [9.17, 15) is 19.2 Å². The zero-order valence-electron chi connectivity index (χ0n) is 14.5. The maximum Gasteiger partial charge on any atom is 0.326 e. The Morgan fingerprint density at radius 2 is 2.04 bits per heavy atom. The first kappa shape index (κ1) is 18.2. The third kappa shape index (κ3) is 4.17. The fraction of sp³-hybridized carbons (Fsp3) is 0.294. The molecule has 142 valence electrons. The second-order valence-electron chi connectivity index (χ2n) is 6.25. The highest BCUT2D eigenvalue weighted by molar-refractivity contribution is 5.97. The topological polar surface area (TPSA) is 159 Å². The number of hydrogen-bond donors (Lipinski definition) is 5. The number of amides is 2. The maximum atomic E-state index is 12.2. The lowest BCUT2D eigenvalue weighted by atomic mass is 10.0. The van der Waals surface area contributed by atoms with Crippen molar-refractivity contribution in [3.8, 4) is 5.75 Å². The Hall–Kier alpha value is -3.56. The summed E-state index contributed by atoms with van der Waals surface area (Å²) in [6.45, 7) is 1.82. The smallest absolute Gasteiger partial charge is 0.326 e. The second kappa shape index (κ2) is 7.36. The van der Waals surface area contributed by atoms with E-state index in [2.05, 4.69) is 15.6 Å². The number of carbonyl (C=O) groups excluding carboxylic acids is 2. The van der Waals surface area contributed by atoms with Crippen molar-refractivity contribution in [2.45, 2.75) is 25.8 Å². The molecule has 1 aliphatic rings. The first-order chi connectivity index (χ1) is 12.8. The molecule has 10 nitrogen and oxygen atoms in total. The van der Waals surface area contributed by atoms with Gasteiger partial charge in [-0.15, -0.1) is 0 Å². The molecule has 27 heavy (non-hydrogen) atoms. The van der Waals surface area contributed by atoms with Crippen LogP contribution < -0.4 is 32.4 Å². The van der Waals surface area contributed by atoms with Gasteiger partial charge in [0, 0.05) is 18.2 Å². The molecule has 0 bridgehead atoms. The van der Waals surface area contributed by atoms with Gasteiger partial charge >= 0.3 is 5.69 Å². The number of nitrogen functional groups attached to an aromatic ring is 1. The molecule has 1 aliphatic heterocycles. The summed E-state index contributed by atoms with van der Waals surface area (Å²) in [5.41, 5.74) is 4.97. The minimum Gasteiger partial charge on any atom is -0.491 e. The van der Waals surface area contributed by atoms with Gasteiger partial charge in [-0.25, -0.2) is 4.79 Å². The largest absolute Gasteiger partial charge is 0.491 e. The summed E-state index contributed by atoms with van der Waals surface area (Å²) < 4.78 is 5.65. The first-order valence-electron chi connectivity index (χ1n) is 8.32. The molecule has 0 saturated heterocycles. The molecule has 2 heterocycles. The van der Waals surface area contributed by atoms with Crippen LogP contribution in [0.5, 0.6) is 5.75 Å². The Morgan fingerprint density at radius 3 is 2.81 bits per heavy atom. The van der Waals surface area contributed by atoms with E-state index in [1.807, 2.05) is 11.1 Å². The first-order valence-corrected chi connectivity index (χ1v) is 8.32. The van der Waals surface area contributed by atoms with Gasteiger partial charge in [-0.2, -0.15) is 0 Å². The molecule has 1 aromatic heterocycles. The Balaban J connectivity index is 1.62. The SMILES string of the molecule is CC(COc1ccc2c(c1)NC(=O)CC2)NC(=O)c1[nH]c(=O)[nH]c(=O)c1N. The Morgan fingerprint density at radius 1 is 1.26 bits per heavy atom. The molecule has 0 saturated carbocycles. The molecular formula is C17H19N5O5. The quantitative estimate of drug-likeness (QED) is 0.485. The van der Waals surface area contributed by atoms with Crippen molar-refractivity contribution < 1.29 is 14.3 Å². The number of aromatic nitrogens is 2. The van der Waals surface area contributed by atoms with E-state index < -0.39 is 23.2 Å². The molecule has 2 amide bonds. The van der Waals surface area contributed by atoms with E-state index in [0.717, 1.165) is 5.56 Å². The number of H-pyrrole nitrogens is 2. The monoisotopic (exact) mass is 373 g/mol. The molecule has 0 radical (unpaired) electrons. The van der Waals surface area contributed by atoms with Crippen molar-refractivity contribution in [3.05, 3.63) is 50.3 Å². The highest BCUT2D eigenvalue weighted by Crippen LogP contribution is 2.27. The van der Waals surface area contributed by atoms with Gasteiger partial charge in [-0.1, -0.05) is 6.07 Å². The van der Waals surface area contributed by atoms with Gasteiger partial charge in [-0.05, 0) is 25.0 Å². The molecule has 1 atom stereocenters. The normalized spacial score (nSPS) is 14.0. The van der Waals surface area contributed by atoms with E-state index in [1.54, 1.807) is 19.1 Å². The van der Waals surface area contributed by atoms with E-state index in [0.29, 0.717) is 24.3 Å². The Bertz CT molecular complexity index is 1010. The maximum absolute atomic E-state index is 12.2. The number of ether oxygens (including phenoxy) is 1. The summed E-state index contributed by atoms with van der Waals surface area (Å²) in [4.78, 5) is 50.6. The van der Waals surface area contributed by atoms with E-state index in [4.69, 9.17) is 10.5 Å². The van der Waals surface area contributed by atoms with Crippen LogP contribution in [-0.2, 0) is 11.2 Å². The number of carbonyl (C=O) groups is 2. The van der Waals surface area contributed by atoms with Crippen molar-refractivity contribution in [2.24, 2.45) is 0 Å².